The van der Waals surface area contributed by atoms with Crippen LogP contribution >= 0.6 is 11.3 Å². The maximum absolute atomic E-state index is 8.68. The van der Waals surface area contributed by atoms with Gasteiger partial charge < -0.3 is 20.1 Å². The number of hydrogen-bond donors (Lipinski definition) is 4. The van der Waals surface area contributed by atoms with Gasteiger partial charge >= 0.3 is 0 Å². The highest BCUT2D eigenvalue weighted by Gasteiger charge is 2.10. The fraction of sp³-hybridized carbons (Fsp3) is 0.222. The van der Waals surface area contributed by atoms with E-state index in [9.17, 15) is 0 Å². The summed E-state index contributed by atoms with van der Waals surface area (Å²) in [7, 11) is 0. The van der Waals surface area contributed by atoms with Crippen molar-refractivity contribution in [3.8, 4) is 10.4 Å². The van der Waals surface area contributed by atoms with Crippen molar-refractivity contribution in [1.29, 1.82) is 0 Å². The first kappa shape index (κ1) is 23.5. The van der Waals surface area contributed by atoms with Gasteiger partial charge in [-0.3, -0.25) is 9.82 Å². The van der Waals surface area contributed by atoms with Crippen LogP contribution in [0, 0.1) is 6.92 Å². The molecule has 0 saturated carbocycles. The molecule has 0 amide bonds. The van der Waals surface area contributed by atoms with Crippen LogP contribution in [0.4, 0.5) is 11.4 Å². The smallest absolute Gasteiger partial charge is 0.0916 e. The number of pyridine rings is 1. The molecular weight excluding hydrogens is 460 g/mol. The predicted octanol–water partition coefficient (Wildman–Crippen LogP) is 5.53. The van der Waals surface area contributed by atoms with E-state index in [-0.39, 0.29) is 6.61 Å². The third-order valence-corrected chi connectivity index (χ3v) is 6.84. The molecule has 5 aromatic rings. The Morgan fingerprint density at radius 2 is 1.89 bits per heavy atom. The lowest BCUT2D eigenvalue weighted by Gasteiger charge is -2.07. The molecule has 7 nitrogen and oxygen atoms in total. The molecule has 8 heteroatoms. The molecule has 0 aliphatic heterocycles. The Kier molecular flexibility index (Phi) is 7.37. The molecular formula is C27H28N4O3S. The monoisotopic (exact) mass is 488 g/mol. The number of hydroxylamine groups is 1. The van der Waals surface area contributed by atoms with Crippen LogP contribution < -0.4 is 10.8 Å². The lowest BCUT2D eigenvalue weighted by Crippen LogP contribution is -2.18. The van der Waals surface area contributed by atoms with Gasteiger partial charge in [0.15, 0.2) is 0 Å². The number of aliphatic hydroxyl groups excluding tert-OH is 1. The molecule has 0 bridgehead atoms. The standard InChI is InChI=1S/C27H28N4O3S/c1-18-14-21-15-22(6-7-23(21)30-18)31-24-8-9-28-25-16-26(35-27(24)25)20-4-2-19(3-5-20)17-29-34-13-12-33-11-10-32/h2-9,14-16,29-30,32H,10-13,17H2,1H3,(H,28,31). The minimum absolute atomic E-state index is 0.0254. The summed E-state index contributed by atoms with van der Waals surface area (Å²) in [5.41, 5.74) is 10.6. The van der Waals surface area contributed by atoms with Crippen molar-refractivity contribution in [2.24, 2.45) is 0 Å². The van der Waals surface area contributed by atoms with E-state index in [0.29, 0.717) is 26.4 Å². The second-order valence-electron chi connectivity index (χ2n) is 8.27. The number of thiophene rings is 1. The second-order valence-corrected chi connectivity index (χ2v) is 9.32. The summed E-state index contributed by atoms with van der Waals surface area (Å²) < 4.78 is 6.29. The number of hydrogen-bond acceptors (Lipinski definition) is 7. The Balaban J connectivity index is 1.26. The number of aryl methyl sites for hydroxylation is 1. The SMILES string of the molecule is Cc1cc2cc(Nc3ccnc4cc(-c5ccc(CNOCCOCCO)cc5)sc34)ccc2[nH]1. The molecule has 3 aromatic heterocycles. The summed E-state index contributed by atoms with van der Waals surface area (Å²) in [6, 6.07) is 21.1. The van der Waals surface area contributed by atoms with Gasteiger partial charge in [0.25, 0.3) is 0 Å². The Labute approximate surface area is 207 Å². The van der Waals surface area contributed by atoms with Crippen molar-refractivity contribution in [2.75, 3.05) is 31.7 Å². The zero-order valence-electron chi connectivity index (χ0n) is 19.5. The average Bonchev–Trinajstić information content (AvgIpc) is 3.47. The Hall–Kier alpha value is -3.27. The average molecular weight is 489 g/mol. The van der Waals surface area contributed by atoms with E-state index in [0.717, 1.165) is 43.9 Å². The summed E-state index contributed by atoms with van der Waals surface area (Å²) in [5, 5.41) is 13.5. The number of anilines is 2. The molecule has 35 heavy (non-hydrogen) atoms. The number of rotatable bonds is 11. The van der Waals surface area contributed by atoms with Gasteiger partial charge in [-0.15, -0.1) is 11.3 Å². The van der Waals surface area contributed by atoms with Gasteiger partial charge in [0.1, 0.15) is 0 Å². The largest absolute Gasteiger partial charge is 0.394 e. The second kappa shape index (κ2) is 11.0. The van der Waals surface area contributed by atoms with Gasteiger partial charge in [-0.1, -0.05) is 24.3 Å². The quantitative estimate of drug-likeness (QED) is 0.144. The van der Waals surface area contributed by atoms with Crippen LogP contribution in [0.15, 0.2) is 66.9 Å². The maximum atomic E-state index is 8.68. The molecule has 0 aliphatic rings. The minimum Gasteiger partial charge on any atom is -0.394 e. The van der Waals surface area contributed by atoms with E-state index in [1.807, 2.05) is 12.3 Å². The number of aromatic amines is 1. The minimum atomic E-state index is 0.0254. The third-order valence-electron chi connectivity index (χ3n) is 5.63. The fourth-order valence-corrected chi connectivity index (χ4v) is 5.04. The number of ether oxygens (including phenoxy) is 1. The van der Waals surface area contributed by atoms with Gasteiger partial charge in [-0.05, 0) is 54.4 Å². The van der Waals surface area contributed by atoms with Gasteiger partial charge in [0.2, 0.25) is 0 Å². The number of nitrogens with zero attached hydrogens (tertiary/aromatic N) is 1. The van der Waals surface area contributed by atoms with Crippen LogP contribution in [0.1, 0.15) is 11.3 Å². The van der Waals surface area contributed by atoms with Crippen molar-refractivity contribution in [3.63, 3.8) is 0 Å². The first-order valence-corrected chi connectivity index (χ1v) is 12.4. The summed E-state index contributed by atoms with van der Waals surface area (Å²) in [6.45, 7) is 3.91. The molecule has 0 saturated heterocycles. The zero-order valence-corrected chi connectivity index (χ0v) is 20.3. The van der Waals surface area contributed by atoms with Crippen molar-refractivity contribution in [1.82, 2.24) is 15.4 Å². The summed E-state index contributed by atoms with van der Waals surface area (Å²) in [4.78, 5) is 14.5. The molecule has 0 unspecified atom stereocenters. The number of benzene rings is 2. The van der Waals surface area contributed by atoms with Crippen molar-refractivity contribution < 1.29 is 14.7 Å². The van der Waals surface area contributed by atoms with E-state index in [4.69, 9.17) is 14.7 Å². The van der Waals surface area contributed by atoms with Crippen molar-refractivity contribution in [2.45, 2.75) is 13.5 Å². The van der Waals surface area contributed by atoms with Gasteiger partial charge in [0.05, 0.1) is 42.3 Å². The third kappa shape index (κ3) is 5.70. The summed E-state index contributed by atoms with van der Waals surface area (Å²) in [5.74, 6) is 0. The van der Waals surface area contributed by atoms with Crippen LogP contribution in [-0.4, -0.2) is 41.5 Å². The first-order valence-electron chi connectivity index (χ1n) is 11.6. The topological polar surface area (TPSA) is 91.4 Å². The Bertz CT molecular complexity index is 1410. The van der Waals surface area contributed by atoms with Crippen molar-refractivity contribution >= 4 is 43.8 Å². The highest BCUT2D eigenvalue weighted by atomic mass is 32.1. The lowest BCUT2D eigenvalue weighted by molar-refractivity contribution is -0.0136. The first-order chi connectivity index (χ1) is 17.2. The predicted molar refractivity (Wildman–Crippen MR) is 142 cm³/mol. The number of H-pyrrole nitrogens is 1. The van der Waals surface area contributed by atoms with Gasteiger partial charge in [0, 0.05) is 39.9 Å². The van der Waals surface area contributed by atoms with Crippen molar-refractivity contribution in [3.05, 3.63) is 78.1 Å². The molecule has 0 atom stereocenters. The molecule has 0 aliphatic carbocycles. The van der Waals surface area contributed by atoms with E-state index < -0.39 is 0 Å². The summed E-state index contributed by atoms with van der Waals surface area (Å²) in [6.07, 6.45) is 1.85. The van der Waals surface area contributed by atoms with Crippen LogP contribution in [0.3, 0.4) is 0 Å². The van der Waals surface area contributed by atoms with Crippen LogP contribution in [-0.2, 0) is 16.1 Å². The summed E-state index contributed by atoms with van der Waals surface area (Å²) >= 11 is 1.74. The Morgan fingerprint density at radius 3 is 2.74 bits per heavy atom. The lowest BCUT2D eigenvalue weighted by atomic mass is 10.1. The fourth-order valence-electron chi connectivity index (χ4n) is 3.95. The van der Waals surface area contributed by atoms with Gasteiger partial charge in [-0.2, -0.15) is 5.48 Å². The highest BCUT2D eigenvalue weighted by Crippen LogP contribution is 2.37. The molecule has 180 valence electrons. The van der Waals surface area contributed by atoms with E-state index >= 15 is 0 Å². The number of aliphatic hydroxyl groups is 1. The Morgan fingerprint density at radius 1 is 1.00 bits per heavy atom. The number of fused-ring (bicyclic) bond motifs is 2. The van der Waals surface area contributed by atoms with Crippen LogP contribution in [0.25, 0.3) is 31.6 Å². The van der Waals surface area contributed by atoms with E-state index in [2.05, 4.69) is 82.3 Å². The zero-order chi connectivity index (χ0) is 24.0. The normalized spacial score (nSPS) is 11.5. The maximum Gasteiger partial charge on any atom is 0.0916 e. The van der Waals surface area contributed by atoms with Gasteiger partial charge in [-0.25, -0.2) is 0 Å². The molecule has 5 rings (SSSR count). The highest BCUT2D eigenvalue weighted by molar-refractivity contribution is 7.22. The molecule has 0 radical (unpaired) electrons. The molecule has 4 N–H and O–H groups in total. The van der Waals surface area contributed by atoms with E-state index in [1.54, 1.807) is 11.3 Å². The molecule has 3 heterocycles. The number of aromatic nitrogens is 2. The van der Waals surface area contributed by atoms with Crippen LogP contribution in [0.2, 0.25) is 0 Å². The van der Waals surface area contributed by atoms with Crippen LogP contribution in [0.5, 0.6) is 0 Å². The molecule has 0 spiro atoms. The van der Waals surface area contributed by atoms with E-state index in [1.165, 1.54) is 10.3 Å². The number of nitrogens with one attached hydrogen (secondary N) is 3. The molecule has 2 aromatic carbocycles. The molecule has 0 fully saturated rings.